The lowest BCUT2D eigenvalue weighted by Gasteiger charge is -2.26. The van der Waals surface area contributed by atoms with E-state index in [0.29, 0.717) is 11.6 Å². The van der Waals surface area contributed by atoms with Crippen LogP contribution in [0.4, 0.5) is 5.69 Å². The fourth-order valence-electron chi connectivity index (χ4n) is 2.78. The molecule has 3 rings (SSSR count). The van der Waals surface area contributed by atoms with E-state index in [0.717, 1.165) is 30.5 Å². The van der Waals surface area contributed by atoms with E-state index in [4.69, 9.17) is 5.11 Å². The highest BCUT2D eigenvalue weighted by atomic mass is 16.4. The van der Waals surface area contributed by atoms with E-state index in [-0.39, 0.29) is 0 Å². The van der Waals surface area contributed by atoms with E-state index in [1.165, 1.54) is 5.56 Å². The smallest absolute Gasteiger partial charge is 0.335 e. The number of carboxylic acid groups (broad SMARTS) is 1. The van der Waals surface area contributed by atoms with Gasteiger partial charge in [0.05, 0.1) is 5.56 Å². The Morgan fingerprint density at radius 1 is 1.10 bits per heavy atom. The normalized spacial score (nSPS) is 17.3. The van der Waals surface area contributed by atoms with Crippen LogP contribution in [0.1, 0.15) is 27.9 Å². The third kappa shape index (κ3) is 2.67. The summed E-state index contributed by atoms with van der Waals surface area (Å²) in [4.78, 5) is 11.0. The third-order valence-electron chi connectivity index (χ3n) is 3.83. The van der Waals surface area contributed by atoms with Crippen molar-refractivity contribution >= 4 is 11.7 Å². The van der Waals surface area contributed by atoms with Crippen LogP contribution in [0.3, 0.4) is 0 Å². The fraction of sp³-hybridized carbons (Fsp3) is 0.235. The maximum absolute atomic E-state index is 11.0. The fourth-order valence-corrected chi connectivity index (χ4v) is 2.78. The number of carboxylic acids is 1. The lowest BCUT2D eigenvalue weighted by molar-refractivity contribution is 0.0696. The molecule has 0 aromatic heterocycles. The van der Waals surface area contributed by atoms with Crippen LogP contribution in [-0.4, -0.2) is 17.1 Å². The molecule has 0 spiro atoms. The predicted molar refractivity (Wildman–Crippen MR) is 79.3 cm³/mol. The van der Waals surface area contributed by atoms with Crippen LogP contribution in [0.25, 0.3) is 0 Å². The summed E-state index contributed by atoms with van der Waals surface area (Å²) in [7, 11) is 0. The molecule has 3 nitrogen and oxygen atoms in total. The van der Waals surface area contributed by atoms with E-state index in [1.54, 1.807) is 6.07 Å². The molecular formula is C17H17NO2. The average Bonchev–Trinajstić information content (AvgIpc) is 2.47. The monoisotopic (exact) mass is 267 g/mol. The topological polar surface area (TPSA) is 49.3 Å². The second-order valence-corrected chi connectivity index (χ2v) is 5.24. The van der Waals surface area contributed by atoms with Gasteiger partial charge in [-0.2, -0.15) is 0 Å². The molecule has 0 bridgehead atoms. The summed E-state index contributed by atoms with van der Waals surface area (Å²) < 4.78 is 0. The molecule has 0 saturated heterocycles. The maximum atomic E-state index is 11.0. The molecule has 0 fully saturated rings. The van der Waals surface area contributed by atoms with Gasteiger partial charge in [-0.1, -0.05) is 24.3 Å². The number of nitrogens with one attached hydrogen (secondary N) is 1. The van der Waals surface area contributed by atoms with Crippen LogP contribution >= 0.6 is 0 Å². The number of aromatic carboxylic acids is 1. The zero-order valence-corrected chi connectivity index (χ0v) is 11.2. The molecule has 1 atom stereocenters. The highest BCUT2D eigenvalue weighted by Gasteiger charge is 2.19. The number of anilines is 1. The molecule has 1 unspecified atom stereocenters. The summed E-state index contributed by atoms with van der Waals surface area (Å²) in [6.45, 7) is 0. The van der Waals surface area contributed by atoms with Gasteiger partial charge in [0.1, 0.15) is 0 Å². The second kappa shape index (κ2) is 5.37. The van der Waals surface area contributed by atoms with Crippen LogP contribution < -0.4 is 5.32 Å². The van der Waals surface area contributed by atoms with Crippen molar-refractivity contribution in [3.63, 3.8) is 0 Å². The van der Waals surface area contributed by atoms with Crippen molar-refractivity contribution in [1.29, 1.82) is 0 Å². The second-order valence-electron chi connectivity index (χ2n) is 5.24. The number of aryl methyl sites for hydroxylation is 1. The Bertz CT molecular complexity index is 622. The van der Waals surface area contributed by atoms with Gasteiger partial charge in [-0.25, -0.2) is 4.79 Å². The highest BCUT2D eigenvalue weighted by Crippen LogP contribution is 2.25. The first kappa shape index (κ1) is 12.7. The van der Waals surface area contributed by atoms with Crippen molar-refractivity contribution < 1.29 is 9.90 Å². The van der Waals surface area contributed by atoms with E-state index in [1.807, 2.05) is 30.3 Å². The van der Waals surface area contributed by atoms with Gasteiger partial charge in [0.25, 0.3) is 0 Å². The van der Waals surface area contributed by atoms with Crippen molar-refractivity contribution in [2.45, 2.75) is 25.3 Å². The number of para-hydroxylation sites is 1. The summed E-state index contributed by atoms with van der Waals surface area (Å²) in [6.07, 6.45) is 2.96. The lowest BCUT2D eigenvalue weighted by atomic mass is 9.87. The number of benzene rings is 2. The van der Waals surface area contributed by atoms with Crippen molar-refractivity contribution in [2.75, 3.05) is 5.32 Å². The molecule has 2 N–H and O–H groups in total. The number of rotatable bonds is 3. The third-order valence-corrected chi connectivity index (χ3v) is 3.83. The molecule has 1 aliphatic rings. The van der Waals surface area contributed by atoms with Crippen molar-refractivity contribution in [3.8, 4) is 0 Å². The molecule has 0 radical (unpaired) electrons. The Kier molecular flexibility index (Phi) is 3.42. The molecule has 1 aliphatic carbocycles. The van der Waals surface area contributed by atoms with Gasteiger partial charge < -0.3 is 10.4 Å². The molecule has 102 valence electrons. The van der Waals surface area contributed by atoms with Gasteiger partial charge in [0, 0.05) is 11.7 Å². The zero-order valence-electron chi connectivity index (χ0n) is 11.2. The van der Waals surface area contributed by atoms with Crippen molar-refractivity contribution in [3.05, 3.63) is 65.2 Å². The predicted octanol–water partition coefficient (Wildman–Crippen LogP) is 3.35. The molecule has 20 heavy (non-hydrogen) atoms. The molecule has 3 heteroatoms. The van der Waals surface area contributed by atoms with Crippen molar-refractivity contribution in [1.82, 2.24) is 0 Å². The Morgan fingerprint density at radius 3 is 2.65 bits per heavy atom. The van der Waals surface area contributed by atoms with Gasteiger partial charge >= 0.3 is 5.97 Å². The Hall–Kier alpha value is -2.29. The molecule has 2 aromatic carbocycles. The molecule has 0 aliphatic heterocycles. The minimum absolute atomic E-state index is 0.369. The quantitative estimate of drug-likeness (QED) is 0.896. The molecule has 0 amide bonds. The lowest BCUT2D eigenvalue weighted by Crippen LogP contribution is -2.27. The van der Waals surface area contributed by atoms with Gasteiger partial charge in [-0.05, 0) is 54.7 Å². The average molecular weight is 267 g/mol. The Morgan fingerprint density at radius 2 is 1.90 bits per heavy atom. The largest absolute Gasteiger partial charge is 0.478 e. The first-order valence-corrected chi connectivity index (χ1v) is 6.89. The maximum Gasteiger partial charge on any atom is 0.335 e. The molecular weight excluding hydrogens is 250 g/mol. The van der Waals surface area contributed by atoms with E-state index >= 15 is 0 Å². The van der Waals surface area contributed by atoms with Gasteiger partial charge in [-0.15, -0.1) is 0 Å². The SMILES string of the molecule is O=C(O)c1ccc2c(c1)CC(Nc1ccccc1)CC2. The summed E-state index contributed by atoms with van der Waals surface area (Å²) in [5, 5.41) is 12.6. The summed E-state index contributed by atoms with van der Waals surface area (Å²) in [5.74, 6) is -0.856. The minimum atomic E-state index is -0.856. The number of carbonyl (C=O) groups is 1. The van der Waals surface area contributed by atoms with Crippen LogP contribution in [-0.2, 0) is 12.8 Å². The molecule has 0 heterocycles. The highest BCUT2D eigenvalue weighted by molar-refractivity contribution is 5.87. The summed E-state index contributed by atoms with van der Waals surface area (Å²) in [5.41, 5.74) is 3.94. The Balaban J connectivity index is 1.77. The number of hydrogen-bond donors (Lipinski definition) is 2. The van der Waals surface area contributed by atoms with Crippen LogP contribution in [0.15, 0.2) is 48.5 Å². The molecule has 0 saturated carbocycles. The first-order chi connectivity index (χ1) is 9.72. The first-order valence-electron chi connectivity index (χ1n) is 6.89. The van der Waals surface area contributed by atoms with E-state index in [2.05, 4.69) is 17.4 Å². The number of hydrogen-bond acceptors (Lipinski definition) is 2. The van der Waals surface area contributed by atoms with Gasteiger partial charge in [0.2, 0.25) is 0 Å². The number of fused-ring (bicyclic) bond motifs is 1. The van der Waals surface area contributed by atoms with Crippen LogP contribution in [0.5, 0.6) is 0 Å². The van der Waals surface area contributed by atoms with E-state index < -0.39 is 5.97 Å². The van der Waals surface area contributed by atoms with Crippen LogP contribution in [0, 0.1) is 0 Å². The summed E-state index contributed by atoms with van der Waals surface area (Å²) in [6, 6.07) is 16.0. The summed E-state index contributed by atoms with van der Waals surface area (Å²) >= 11 is 0. The standard InChI is InChI=1S/C17H17NO2/c19-17(20)13-7-6-12-8-9-16(11-14(12)10-13)18-15-4-2-1-3-5-15/h1-7,10,16,18H,8-9,11H2,(H,19,20). The molecule has 2 aromatic rings. The van der Waals surface area contributed by atoms with Gasteiger partial charge in [0.15, 0.2) is 0 Å². The Labute approximate surface area is 118 Å². The minimum Gasteiger partial charge on any atom is -0.478 e. The van der Waals surface area contributed by atoms with Crippen LogP contribution in [0.2, 0.25) is 0 Å². The van der Waals surface area contributed by atoms with E-state index in [9.17, 15) is 4.79 Å². The zero-order chi connectivity index (χ0) is 13.9. The van der Waals surface area contributed by atoms with Gasteiger partial charge in [-0.3, -0.25) is 0 Å². The van der Waals surface area contributed by atoms with Crippen molar-refractivity contribution in [2.24, 2.45) is 0 Å².